The third-order valence-electron chi connectivity index (χ3n) is 5.23. The predicted molar refractivity (Wildman–Crippen MR) is 84.0 cm³/mol. The number of hydrogen-bond donors (Lipinski definition) is 2. The Balaban J connectivity index is 1.62. The summed E-state index contributed by atoms with van der Waals surface area (Å²) in [5.41, 5.74) is 3.31. The number of amides is 1. The Kier molecular flexibility index (Phi) is 3.81. The molecule has 2 fully saturated rings. The number of hydrogen-bond acceptors (Lipinski definition) is 4. The zero-order valence-corrected chi connectivity index (χ0v) is 13.0. The third-order valence-corrected chi connectivity index (χ3v) is 5.23. The molecular weight excluding hydrogens is 280 g/mol. The van der Waals surface area contributed by atoms with E-state index in [1.54, 1.807) is 25.3 Å². The van der Waals surface area contributed by atoms with Crippen molar-refractivity contribution in [3.8, 4) is 11.5 Å². The summed E-state index contributed by atoms with van der Waals surface area (Å²) in [7, 11) is 1.56. The first-order valence-corrected chi connectivity index (χ1v) is 7.76. The van der Waals surface area contributed by atoms with Gasteiger partial charge in [0.05, 0.1) is 13.3 Å². The van der Waals surface area contributed by atoms with Gasteiger partial charge in [-0.1, -0.05) is 19.8 Å². The molecule has 2 saturated carbocycles. The van der Waals surface area contributed by atoms with E-state index in [1.165, 1.54) is 19.1 Å². The molecule has 2 aliphatic rings. The van der Waals surface area contributed by atoms with Gasteiger partial charge in [0.1, 0.15) is 11.5 Å². The van der Waals surface area contributed by atoms with Crippen molar-refractivity contribution in [3.63, 3.8) is 0 Å². The molecule has 3 atom stereocenters. The van der Waals surface area contributed by atoms with E-state index in [9.17, 15) is 9.90 Å². The number of phenolic OH excluding ortho intramolecular Hbond substituents is 1. The number of benzene rings is 1. The van der Waals surface area contributed by atoms with Crippen LogP contribution in [0.25, 0.3) is 0 Å². The molecule has 0 radical (unpaired) electrons. The minimum Gasteiger partial charge on any atom is -0.507 e. The lowest BCUT2D eigenvalue weighted by molar-refractivity contribution is -0.123. The number of rotatable bonds is 4. The van der Waals surface area contributed by atoms with Crippen LogP contribution in [0.15, 0.2) is 23.3 Å². The van der Waals surface area contributed by atoms with Gasteiger partial charge in [0, 0.05) is 11.5 Å². The standard InChI is InChI=1S/C17H22N2O3/c1-17-8-4-3-5-13(17)15(17)16(21)19-18-10-11-9-12(22-2)6-7-14(11)20/h6-7,9-10,13,15,20H,3-5,8H2,1-2H3,(H,19,21)/b18-10-/t13-,15+,17+/m0/s1. The number of nitrogens with one attached hydrogen (secondary N) is 1. The van der Waals surface area contributed by atoms with Crippen molar-refractivity contribution in [2.24, 2.45) is 22.4 Å². The Bertz CT molecular complexity index is 614. The second-order valence-electron chi connectivity index (χ2n) is 6.49. The van der Waals surface area contributed by atoms with Crippen LogP contribution in [0.2, 0.25) is 0 Å². The van der Waals surface area contributed by atoms with Crippen LogP contribution in [0.4, 0.5) is 0 Å². The number of hydrazone groups is 1. The lowest BCUT2D eigenvalue weighted by atomic mass is 9.90. The van der Waals surface area contributed by atoms with E-state index in [0.717, 1.165) is 12.8 Å². The first-order valence-electron chi connectivity index (χ1n) is 7.76. The van der Waals surface area contributed by atoms with Crippen LogP contribution in [0.1, 0.15) is 38.2 Å². The summed E-state index contributed by atoms with van der Waals surface area (Å²) in [6, 6.07) is 4.88. The van der Waals surface area contributed by atoms with Crippen molar-refractivity contribution in [2.75, 3.05) is 7.11 Å². The summed E-state index contributed by atoms with van der Waals surface area (Å²) in [6.07, 6.45) is 6.18. The molecular formula is C17H22N2O3. The average molecular weight is 302 g/mol. The van der Waals surface area contributed by atoms with Crippen LogP contribution in [0.3, 0.4) is 0 Å². The SMILES string of the molecule is COc1ccc(O)c(/C=N\NC(=O)[C@H]2[C@@H]3CCCC[C@]32C)c1. The van der Waals surface area contributed by atoms with Crippen LogP contribution in [-0.2, 0) is 4.79 Å². The predicted octanol–water partition coefficient (Wildman–Crippen LogP) is 2.68. The zero-order valence-electron chi connectivity index (χ0n) is 13.0. The van der Waals surface area contributed by atoms with Crippen molar-refractivity contribution >= 4 is 12.1 Å². The Morgan fingerprint density at radius 3 is 3.00 bits per heavy atom. The zero-order chi connectivity index (χ0) is 15.7. The highest BCUT2D eigenvalue weighted by molar-refractivity contribution is 5.87. The lowest BCUT2D eigenvalue weighted by Gasteiger charge is -2.15. The van der Waals surface area contributed by atoms with E-state index in [4.69, 9.17) is 4.74 Å². The maximum Gasteiger partial charge on any atom is 0.244 e. The second kappa shape index (κ2) is 5.63. The van der Waals surface area contributed by atoms with Gasteiger partial charge in [-0.15, -0.1) is 0 Å². The molecule has 1 aromatic carbocycles. The molecule has 5 nitrogen and oxygen atoms in total. The Morgan fingerprint density at radius 2 is 2.32 bits per heavy atom. The topological polar surface area (TPSA) is 70.9 Å². The molecule has 118 valence electrons. The second-order valence-corrected chi connectivity index (χ2v) is 6.49. The maximum absolute atomic E-state index is 12.3. The van der Waals surface area contributed by atoms with Gasteiger partial charge in [-0.3, -0.25) is 4.79 Å². The van der Waals surface area contributed by atoms with Gasteiger partial charge in [-0.2, -0.15) is 5.10 Å². The molecule has 0 saturated heterocycles. The largest absolute Gasteiger partial charge is 0.507 e. The molecule has 0 heterocycles. The first kappa shape index (κ1) is 14.9. The molecule has 2 aliphatic carbocycles. The number of aromatic hydroxyl groups is 1. The van der Waals surface area contributed by atoms with Gasteiger partial charge in [-0.25, -0.2) is 5.43 Å². The number of nitrogens with zero attached hydrogens (tertiary/aromatic N) is 1. The molecule has 5 heteroatoms. The fourth-order valence-corrected chi connectivity index (χ4v) is 3.85. The fraction of sp³-hybridized carbons (Fsp3) is 0.529. The molecule has 0 unspecified atom stereocenters. The normalized spacial score (nSPS) is 29.9. The van der Waals surface area contributed by atoms with Crippen molar-refractivity contribution in [2.45, 2.75) is 32.6 Å². The summed E-state index contributed by atoms with van der Waals surface area (Å²) < 4.78 is 5.10. The molecule has 22 heavy (non-hydrogen) atoms. The van der Waals surface area contributed by atoms with Gasteiger partial charge < -0.3 is 9.84 Å². The van der Waals surface area contributed by atoms with Crippen molar-refractivity contribution in [1.82, 2.24) is 5.43 Å². The Hall–Kier alpha value is -2.04. The lowest BCUT2D eigenvalue weighted by Crippen LogP contribution is -2.22. The molecule has 0 aromatic heterocycles. The minimum atomic E-state index is -0.00645. The molecule has 0 aliphatic heterocycles. The highest BCUT2D eigenvalue weighted by Crippen LogP contribution is 2.66. The summed E-state index contributed by atoms with van der Waals surface area (Å²) in [6.45, 7) is 2.21. The molecule has 0 spiro atoms. The fourth-order valence-electron chi connectivity index (χ4n) is 3.85. The van der Waals surface area contributed by atoms with Crippen molar-refractivity contribution in [3.05, 3.63) is 23.8 Å². The van der Waals surface area contributed by atoms with E-state index in [1.807, 2.05) is 0 Å². The van der Waals surface area contributed by atoms with Crippen molar-refractivity contribution in [1.29, 1.82) is 0 Å². The van der Waals surface area contributed by atoms with Crippen LogP contribution in [0, 0.1) is 17.3 Å². The number of ether oxygens (including phenoxy) is 1. The number of methoxy groups -OCH3 is 1. The molecule has 2 N–H and O–H groups in total. The van der Waals surface area contributed by atoms with Crippen LogP contribution in [0.5, 0.6) is 11.5 Å². The van der Waals surface area contributed by atoms with Gasteiger partial charge >= 0.3 is 0 Å². The molecule has 3 rings (SSSR count). The monoisotopic (exact) mass is 302 g/mol. The van der Waals surface area contributed by atoms with Gasteiger partial charge in [0.2, 0.25) is 5.91 Å². The summed E-state index contributed by atoms with van der Waals surface area (Å²) >= 11 is 0. The Labute approximate surface area is 130 Å². The van der Waals surface area contributed by atoms with Crippen LogP contribution < -0.4 is 10.2 Å². The highest BCUT2D eigenvalue weighted by atomic mass is 16.5. The average Bonchev–Trinajstić information content (AvgIpc) is 3.14. The van der Waals surface area contributed by atoms with Gasteiger partial charge in [0.25, 0.3) is 0 Å². The molecule has 0 bridgehead atoms. The van der Waals surface area contributed by atoms with Crippen molar-refractivity contribution < 1.29 is 14.6 Å². The first-order chi connectivity index (χ1) is 10.6. The molecule has 1 aromatic rings. The van der Waals surface area contributed by atoms with Crippen LogP contribution in [-0.4, -0.2) is 24.3 Å². The maximum atomic E-state index is 12.3. The Morgan fingerprint density at radius 1 is 1.50 bits per heavy atom. The summed E-state index contributed by atoms with van der Waals surface area (Å²) in [4.78, 5) is 12.3. The van der Waals surface area contributed by atoms with E-state index in [-0.39, 0.29) is 23.0 Å². The van der Waals surface area contributed by atoms with Gasteiger partial charge in [-0.05, 0) is 42.4 Å². The third kappa shape index (κ3) is 2.56. The van der Waals surface area contributed by atoms with E-state index >= 15 is 0 Å². The summed E-state index contributed by atoms with van der Waals surface area (Å²) in [5.74, 6) is 1.33. The smallest absolute Gasteiger partial charge is 0.244 e. The van der Waals surface area contributed by atoms with E-state index in [0.29, 0.717) is 17.2 Å². The van der Waals surface area contributed by atoms with Gasteiger partial charge in [0.15, 0.2) is 0 Å². The van der Waals surface area contributed by atoms with E-state index < -0.39 is 0 Å². The highest BCUT2D eigenvalue weighted by Gasteiger charge is 2.64. The summed E-state index contributed by atoms with van der Waals surface area (Å²) in [5, 5.41) is 13.8. The minimum absolute atomic E-state index is 0.00645. The number of phenols is 1. The number of carbonyl (C=O) groups is 1. The quantitative estimate of drug-likeness (QED) is 0.663. The van der Waals surface area contributed by atoms with E-state index in [2.05, 4.69) is 17.5 Å². The number of fused-ring (bicyclic) bond motifs is 1. The number of carbonyl (C=O) groups excluding carboxylic acids is 1. The van der Waals surface area contributed by atoms with Crippen LogP contribution >= 0.6 is 0 Å². The molecule has 1 amide bonds.